The highest BCUT2D eigenvalue weighted by Crippen LogP contribution is 2.28. The maximum Gasteiger partial charge on any atom is 0.387 e. The van der Waals surface area contributed by atoms with Crippen LogP contribution < -0.4 is 0 Å². The lowest BCUT2D eigenvalue weighted by Gasteiger charge is -2.21. The SMILES string of the molecule is CCOC(=O)C(CO)(Cc1c(C)[nH]c2ccccc12)[N+](=O)[O-]. The molecule has 0 aliphatic heterocycles. The van der Waals surface area contributed by atoms with Crippen LogP contribution in [0.25, 0.3) is 10.9 Å². The summed E-state index contributed by atoms with van der Waals surface area (Å²) in [7, 11) is 0. The zero-order valence-corrected chi connectivity index (χ0v) is 12.5. The second-order valence-corrected chi connectivity index (χ2v) is 5.12. The molecule has 0 fully saturated rings. The van der Waals surface area contributed by atoms with E-state index < -0.39 is 23.0 Å². The average molecular weight is 306 g/mol. The predicted octanol–water partition coefficient (Wildman–Crippen LogP) is 1.59. The zero-order chi connectivity index (χ0) is 16.3. The molecule has 118 valence electrons. The molecule has 2 rings (SSSR count). The van der Waals surface area contributed by atoms with Crippen molar-refractivity contribution in [3.05, 3.63) is 45.6 Å². The highest BCUT2D eigenvalue weighted by atomic mass is 16.6. The van der Waals surface area contributed by atoms with Crippen molar-refractivity contribution in [3.8, 4) is 0 Å². The minimum Gasteiger partial charge on any atom is -0.461 e. The lowest BCUT2D eigenvalue weighted by Crippen LogP contribution is -2.52. The first kappa shape index (κ1) is 16.0. The van der Waals surface area contributed by atoms with Crippen LogP contribution in [0.15, 0.2) is 24.3 Å². The third-order valence-corrected chi connectivity index (χ3v) is 3.76. The molecule has 1 atom stereocenters. The van der Waals surface area contributed by atoms with Crippen LogP contribution in [0.1, 0.15) is 18.2 Å². The Hall–Kier alpha value is -2.41. The lowest BCUT2D eigenvalue weighted by molar-refractivity contribution is -0.558. The van der Waals surface area contributed by atoms with Gasteiger partial charge in [-0.1, -0.05) is 18.2 Å². The molecule has 2 N–H and O–H groups in total. The van der Waals surface area contributed by atoms with E-state index >= 15 is 0 Å². The maximum absolute atomic E-state index is 12.1. The number of H-pyrrole nitrogens is 1. The number of nitro groups is 1. The minimum atomic E-state index is -2.19. The van der Waals surface area contributed by atoms with Crippen LogP contribution in [0, 0.1) is 17.0 Å². The van der Waals surface area contributed by atoms with E-state index in [9.17, 15) is 20.0 Å². The van der Waals surface area contributed by atoms with Gasteiger partial charge >= 0.3 is 11.5 Å². The van der Waals surface area contributed by atoms with Crippen molar-refractivity contribution in [1.82, 2.24) is 4.98 Å². The summed E-state index contributed by atoms with van der Waals surface area (Å²) in [5.41, 5.74) is -0.000215. The molecule has 0 radical (unpaired) electrons. The molecule has 0 saturated heterocycles. The van der Waals surface area contributed by atoms with Crippen molar-refractivity contribution in [3.63, 3.8) is 0 Å². The molecule has 2 aromatic rings. The van der Waals surface area contributed by atoms with Gasteiger partial charge in [0.1, 0.15) is 6.61 Å². The Kier molecular flexibility index (Phi) is 4.46. The number of nitrogens with one attached hydrogen (secondary N) is 1. The van der Waals surface area contributed by atoms with Crippen molar-refractivity contribution in [2.45, 2.75) is 25.8 Å². The van der Waals surface area contributed by atoms with Gasteiger partial charge in [0.2, 0.25) is 0 Å². The number of carbonyl (C=O) groups is 1. The molecule has 1 aromatic heterocycles. The first-order chi connectivity index (χ1) is 10.5. The monoisotopic (exact) mass is 306 g/mol. The molecule has 1 aromatic carbocycles. The first-order valence-corrected chi connectivity index (χ1v) is 6.95. The number of aliphatic hydroxyl groups is 1. The van der Waals surface area contributed by atoms with Crippen LogP contribution in [0.3, 0.4) is 0 Å². The van der Waals surface area contributed by atoms with Gasteiger partial charge in [-0.05, 0) is 25.5 Å². The summed E-state index contributed by atoms with van der Waals surface area (Å²) in [6.45, 7) is 2.44. The van der Waals surface area contributed by atoms with Crippen molar-refractivity contribution in [2.24, 2.45) is 0 Å². The van der Waals surface area contributed by atoms with E-state index in [1.54, 1.807) is 13.8 Å². The summed E-state index contributed by atoms with van der Waals surface area (Å²) in [6, 6.07) is 7.33. The summed E-state index contributed by atoms with van der Waals surface area (Å²) in [5, 5.41) is 21.8. The number of nitrogens with zero attached hydrogens (tertiary/aromatic N) is 1. The van der Waals surface area contributed by atoms with Crippen LogP contribution in [0.4, 0.5) is 0 Å². The van der Waals surface area contributed by atoms with Crippen LogP contribution >= 0.6 is 0 Å². The van der Waals surface area contributed by atoms with E-state index in [-0.39, 0.29) is 13.0 Å². The highest BCUT2D eigenvalue weighted by molar-refractivity contribution is 5.87. The van der Waals surface area contributed by atoms with Crippen LogP contribution in [-0.4, -0.2) is 39.7 Å². The number of fused-ring (bicyclic) bond motifs is 1. The molecule has 7 heteroatoms. The minimum absolute atomic E-state index is 0.0152. The Labute approximate surface area is 127 Å². The summed E-state index contributed by atoms with van der Waals surface area (Å²) in [4.78, 5) is 25.9. The van der Waals surface area contributed by atoms with Crippen molar-refractivity contribution >= 4 is 16.9 Å². The van der Waals surface area contributed by atoms with E-state index in [0.29, 0.717) is 5.56 Å². The average Bonchev–Trinajstić information content (AvgIpc) is 2.80. The zero-order valence-electron chi connectivity index (χ0n) is 12.5. The predicted molar refractivity (Wildman–Crippen MR) is 80.2 cm³/mol. The molecule has 7 nitrogen and oxygen atoms in total. The Balaban J connectivity index is 2.52. The molecule has 0 saturated carbocycles. The number of rotatable bonds is 6. The van der Waals surface area contributed by atoms with Crippen LogP contribution in [-0.2, 0) is 16.0 Å². The number of aryl methyl sites for hydroxylation is 1. The van der Waals surface area contributed by atoms with Gasteiger partial charge in [-0.15, -0.1) is 0 Å². The van der Waals surface area contributed by atoms with Gasteiger partial charge in [-0.3, -0.25) is 10.1 Å². The van der Waals surface area contributed by atoms with Crippen molar-refractivity contribution in [2.75, 3.05) is 13.2 Å². The van der Waals surface area contributed by atoms with Crippen molar-refractivity contribution < 1.29 is 19.6 Å². The summed E-state index contributed by atoms with van der Waals surface area (Å²) >= 11 is 0. The molecule has 22 heavy (non-hydrogen) atoms. The number of benzene rings is 1. The van der Waals surface area contributed by atoms with Crippen LogP contribution in [0.2, 0.25) is 0 Å². The van der Waals surface area contributed by atoms with Gasteiger partial charge in [0.25, 0.3) is 0 Å². The number of hydrogen-bond donors (Lipinski definition) is 2. The number of aliphatic hydroxyl groups excluding tert-OH is 1. The quantitative estimate of drug-likeness (QED) is 0.479. The Morgan fingerprint density at radius 3 is 2.73 bits per heavy atom. The Bertz CT molecular complexity index is 709. The molecular weight excluding hydrogens is 288 g/mol. The fourth-order valence-corrected chi connectivity index (χ4v) is 2.51. The molecule has 0 aliphatic carbocycles. The standard InChI is InChI=1S/C15H18N2O5/c1-3-22-14(19)15(9-18,17(20)21)8-12-10(2)16-13-7-5-4-6-11(12)13/h4-7,16,18H,3,8-9H2,1-2H3. The number of esters is 1. The van der Waals surface area contributed by atoms with Gasteiger partial charge in [0.15, 0.2) is 0 Å². The topological polar surface area (TPSA) is 105 Å². The number of aromatic amines is 1. The number of aromatic nitrogens is 1. The Morgan fingerprint density at radius 1 is 1.45 bits per heavy atom. The van der Waals surface area contributed by atoms with Crippen LogP contribution in [0.5, 0.6) is 0 Å². The number of hydrogen-bond acceptors (Lipinski definition) is 5. The normalized spacial score (nSPS) is 13.8. The molecule has 0 bridgehead atoms. The van der Waals surface area contributed by atoms with Gasteiger partial charge in [0, 0.05) is 21.5 Å². The highest BCUT2D eigenvalue weighted by Gasteiger charge is 2.53. The smallest absolute Gasteiger partial charge is 0.387 e. The van der Waals surface area contributed by atoms with Gasteiger partial charge < -0.3 is 14.8 Å². The maximum atomic E-state index is 12.1. The fraction of sp³-hybridized carbons (Fsp3) is 0.400. The van der Waals surface area contributed by atoms with E-state index in [4.69, 9.17) is 4.74 Å². The van der Waals surface area contributed by atoms with Gasteiger partial charge in [0.05, 0.1) is 13.0 Å². The van der Waals surface area contributed by atoms with Crippen molar-refractivity contribution in [1.29, 1.82) is 0 Å². The third-order valence-electron chi connectivity index (χ3n) is 3.76. The second kappa shape index (κ2) is 6.15. The summed E-state index contributed by atoms with van der Waals surface area (Å²) < 4.78 is 4.81. The molecule has 1 unspecified atom stereocenters. The molecule has 0 amide bonds. The van der Waals surface area contributed by atoms with E-state index in [2.05, 4.69) is 4.98 Å². The Morgan fingerprint density at radius 2 is 2.14 bits per heavy atom. The summed E-state index contributed by atoms with van der Waals surface area (Å²) in [5.74, 6) is -1.02. The molecule has 0 aliphatic rings. The second-order valence-electron chi connectivity index (χ2n) is 5.12. The summed E-state index contributed by atoms with van der Waals surface area (Å²) in [6.07, 6.45) is -0.231. The van der Waals surface area contributed by atoms with E-state index in [0.717, 1.165) is 16.6 Å². The lowest BCUT2D eigenvalue weighted by atomic mass is 9.90. The molecule has 1 heterocycles. The molecular formula is C15H18N2O5. The number of ether oxygens (including phenoxy) is 1. The van der Waals surface area contributed by atoms with Gasteiger partial charge in [-0.25, -0.2) is 4.79 Å². The van der Waals surface area contributed by atoms with E-state index in [1.807, 2.05) is 24.3 Å². The third kappa shape index (κ3) is 2.55. The number of para-hydroxylation sites is 1. The molecule has 0 spiro atoms. The first-order valence-electron chi connectivity index (χ1n) is 6.95. The largest absolute Gasteiger partial charge is 0.461 e. The number of carbonyl (C=O) groups excluding carboxylic acids is 1. The fourth-order valence-electron chi connectivity index (χ4n) is 2.51. The van der Waals surface area contributed by atoms with E-state index in [1.165, 1.54) is 0 Å². The van der Waals surface area contributed by atoms with Gasteiger partial charge in [-0.2, -0.15) is 0 Å².